The summed E-state index contributed by atoms with van der Waals surface area (Å²) in [6.07, 6.45) is -0.923. The van der Waals surface area contributed by atoms with Crippen molar-refractivity contribution in [2.75, 3.05) is 5.32 Å². The fourth-order valence-electron chi connectivity index (χ4n) is 1.75. The Labute approximate surface area is 127 Å². The molecule has 0 radical (unpaired) electrons. The standard InChI is InChI=1S/C14H18N4O4/c1-8-9(6-12(19)20)5-10(7-11(8)17-18-15)16-13(21)22-14(2,3)4/h5,7H,6H2,1-4H3,(H,16,21)(H,19,20). The van der Waals surface area contributed by atoms with Gasteiger partial charge in [-0.1, -0.05) is 5.11 Å². The zero-order chi connectivity index (χ0) is 16.9. The van der Waals surface area contributed by atoms with E-state index in [9.17, 15) is 9.59 Å². The molecule has 0 bridgehead atoms. The second-order valence-electron chi connectivity index (χ2n) is 5.67. The fraction of sp³-hybridized carbons (Fsp3) is 0.429. The molecule has 8 nitrogen and oxygen atoms in total. The predicted molar refractivity (Wildman–Crippen MR) is 81.2 cm³/mol. The number of aliphatic carboxylic acids is 1. The van der Waals surface area contributed by atoms with Crippen molar-refractivity contribution in [1.82, 2.24) is 0 Å². The molecule has 1 rings (SSSR count). The minimum atomic E-state index is -1.02. The molecule has 0 saturated carbocycles. The Morgan fingerprint density at radius 1 is 1.41 bits per heavy atom. The van der Waals surface area contributed by atoms with Crippen LogP contribution in [0.1, 0.15) is 31.9 Å². The van der Waals surface area contributed by atoms with Gasteiger partial charge in [0.25, 0.3) is 0 Å². The molecule has 118 valence electrons. The average molecular weight is 306 g/mol. The number of rotatable bonds is 4. The molecule has 8 heteroatoms. The molecular weight excluding hydrogens is 288 g/mol. The number of ether oxygens (including phenoxy) is 1. The molecule has 0 aliphatic carbocycles. The maximum absolute atomic E-state index is 11.8. The van der Waals surface area contributed by atoms with Gasteiger partial charge in [-0.25, -0.2) is 4.79 Å². The first kappa shape index (κ1) is 17.3. The lowest BCUT2D eigenvalue weighted by Crippen LogP contribution is -2.27. The van der Waals surface area contributed by atoms with Gasteiger partial charge in [0.05, 0.1) is 6.42 Å². The number of hydrogen-bond donors (Lipinski definition) is 2. The molecule has 1 aromatic rings. The molecule has 0 aromatic heterocycles. The summed E-state index contributed by atoms with van der Waals surface area (Å²) in [6.45, 7) is 6.83. The molecular formula is C14H18N4O4. The molecule has 2 N–H and O–H groups in total. The van der Waals surface area contributed by atoms with Gasteiger partial charge in [0.1, 0.15) is 5.60 Å². The highest BCUT2D eigenvalue weighted by atomic mass is 16.6. The van der Waals surface area contributed by atoms with E-state index < -0.39 is 17.7 Å². The molecule has 0 unspecified atom stereocenters. The number of benzene rings is 1. The van der Waals surface area contributed by atoms with Crippen LogP contribution < -0.4 is 5.32 Å². The highest BCUT2D eigenvalue weighted by Gasteiger charge is 2.17. The summed E-state index contributed by atoms with van der Waals surface area (Å²) in [4.78, 5) is 25.4. The third-order valence-corrected chi connectivity index (χ3v) is 2.63. The minimum absolute atomic E-state index is 0.246. The quantitative estimate of drug-likeness (QED) is 0.497. The molecule has 0 fully saturated rings. The summed E-state index contributed by atoms with van der Waals surface area (Å²) >= 11 is 0. The predicted octanol–water partition coefficient (Wildman–Crippen LogP) is 3.91. The van der Waals surface area contributed by atoms with Gasteiger partial charge < -0.3 is 9.84 Å². The van der Waals surface area contributed by atoms with E-state index in [1.165, 1.54) is 12.1 Å². The highest BCUT2D eigenvalue weighted by molar-refractivity contribution is 5.86. The number of carboxylic acids is 1. The monoisotopic (exact) mass is 306 g/mol. The first-order chi connectivity index (χ1) is 10.1. The van der Waals surface area contributed by atoms with Crippen molar-refractivity contribution in [3.05, 3.63) is 33.7 Å². The van der Waals surface area contributed by atoms with E-state index in [0.717, 1.165) is 0 Å². The Balaban J connectivity index is 3.14. The number of hydrogen-bond acceptors (Lipinski definition) is 4. The zero-order valence-corrected chi connectivity index (χ0v) is 12.9. The molecule has 22 heavy (non-hydrogen) atoms. The van der Waals surface area contributed by atoms with E-state index in [-0.39, 0.29) is 12.1 Å². The molecule has 0 aliphatic heterocycles. The molecule has 1 aromatic carbocycles. The van der Waals surface area contributed by atoms with E-state index >= 15 is 0 Å². The second kappa shape index (κ2) is 6.82. The molecule has 0 atom stereocenters. The molecule has 0 aliphatic rings. The Bertz CT molecular complexity index is 643. The molecule has 0 heterocycles. The highest BCUT2D eigenvalue weighted by Crippen LogP contribution is 2.28. The van der Waals surface area contributed by atoms with E-state index in [1.807, 2.05) is 0 Å². The fourth-order valence-corrected chi connectivity index (χ4v) is 1.75. The number of nitrogens with zero attached hydrogens (tertiary/aromatic N) is 3. The van der Waals surface area contributed by atoms with Gasteiger partial charge in [0.2, 0.25) is 0 Å². The first-order valence-corrected chi connectivity index (χ1v) is 6.53. The number of anilines is 1. The Morgan fingerprint density at radius 3 is 2.55 bits per heavy atom. The van der Waals surface area contributed by atoms with Crippen molar-refractivity contribution in [3.8, 4) is 0 Å². The molecule has 0 spiro atoms. The van der Waals surface area contributed by atoms with Gasteiger partial charge in [0, 0.05) is 16.3 Å². The van der Waals surface area contributed by atoms with Crippen molar-refractivity contribution in [3.63, 3.8) is 0 Å². The third-order valence-electron chi connectivity index (χ3n) is 2.63. The maximum atomic E-state index is 11.8. The lowest BCUT2D eigenvalue weighted by atomic mass is 10.0. The topological polar surface area (TPSA) is 124 Å². The van der Waals surface area contributed by atoms with Gasteiger partial charge in [-0.2, -0.15) is 0 Å². The van der Waals surface area contributed by atoms with Crippen LogP contribution in [-0.2, 0) is 16.0 Å². The lowest BCUT2D eigenvalue weighted by molar-refractivity contribution is -0.136. The Morgan fingerprint density at radius 2 is 2.05 bits per heavy atom. The van der Waals surface area contributed by atoms with Gasteiger partial charge >= 0.3 is 12.1 Å². The third kappa shape index (κ3) is 5.34. The van der Waals surface area contributed by atoms with Crippen LogP contribution in [0, 0.1) is 6.92 Å². The van der Waals surface area contributed by atoms with Crippen molar-refractivity contribution in [1.29, 1.82) is 0 Å². The number of azide groups is 1. The van der Waals surface area contributed by atoms with Crippen molar-refractivity contribution in [2.24, 2.45) is 5.11 Å². The van der Waals surface area contributed by atoms with Crippen LogP contribution >= 0.6 is 0 Å². The maximum Gasteiger partial charge on any atom is 0.412 e. The summed E-state index contributed by atoms with van der Waals surface area (Å²) in [5.74, 6) is -1.02. The van der Waals surface area contributed by atoms with Crippen molar-refractivity contribution >= 4 is 23.4 Å². The van der Waals surface area contributed by atoms with Gasteiger partial charge in [-0.05, 0) is 56.5 Å². The average Bonchev–Trinajstić information content (AvgIpc) is 2.32. The normalized spacial score (nSPS) is 10.5. The van der Waals surface area contributed by atoms with E-state index in [2.05, 4.69) is 15.3 Å². The van der Waals surface area contributed by atoms with Crippen LogP contribution in [-0.4, -0.2) is 22.8 Å². The minimum Gasteiger partial charge on any atom is -0.481 e. The number of amides is 1. The van der Waals surface area contributed by atoms with Crippen LogP contribution in [0.3, 0.4) is 0 Å². The molecule has 0 saturated heterocycles. The molecule has 1 amide bonds. The summed E-state index contributed by atoms with van der Waals surface area (Å²) in [5, 5.41) is 14.9. The van der Waals surface area contributed by atoms with Crippen molar-refractivity contribution < 1.29 is 19.4 Å². The summed E-state index contributed by atoms with van der Waals surface area (Å²) in [5.41, 5.74) is 9.47. The van der Waals surface area contributed by atoms with Gasteiger partial charge in [-0.15, -0.1) is 0 Å². The lowest BCUT2D eigenvalue weighted by Gasteiger charge is -2.20. The second-order valence-corrected chi connectivity index (χ2v) is 5.67. The number of carbonyl (C=O) groups excluding carboxylic acids is 1. The van der Waals surface area contributed by atoms with Crippen LogP contribution in [0.5, 0.6) is 0 Å². The Kier molecular flexibility index (Phi) is 5.37. The smallest absolute Gasteiger partial charge is 0.412 e. The van der Waals surface area contributed by atoms with Crippen LogP contribution in [0.2, 0.25) is 0 Å². The number of nitrogens with one attached hydrogen (secondary N) is 1. The first-order valence-electron chi connectivity index (χ1n) is 6.53. The summed E-state index contributed by atoms with van der Waals surface area (Å²) in [6, 6.07) is 2.98. The van der Waals surface area contributed by atoms with Gasteiger partial charge in [0.15, 0.2) is 0 Å². The SMILES string of the molecule is Cc1c(CC(=O)O)cc(NC(=O)OC(C)(C)C)cc1N=[N+]=[N-]. The van der Waals surface area contributed by atoms with E-state index in [0.29, 0.717) is 16.8 Å². The van der Waals surface area contributed by atoms with Gasteiger partial charge in [-0.3, -0.25) is 10.1 Å². The van der Waals surface area contributed by atoms with E-state index in [4.69, 9.17) is 15.4 Å². The van der Waals surface area contributed by atoms with E-state index in [1.54, 1.807) is 27.7 Å². The van der Waals surface area contributed by atoms with Crippen LogP contribution in [0.4, 0.5) is 16.2 Å². The largest absolute Gasteiger partial charge is 0.481 e. The van der Waals surface area contributed by atoms with Crippen molar-refractivity contribution in [2.45, 2.75) is 39.7 Å². The summed E-state index contributed by atoms with van der Waals surface area (Å²) < 4.78 is 5.12. The number of carbonyl (C=O) groups is 2. The number of carboxylic acid groups (broad SMARTS) is 1. The van der Waals surface area contributed by atoms with Crippen LogP contribution in [0.15, 0.2) is 17.2 Å². The zero-order valence-electron chi connectivity index (χ0n) is 12.9. The Hall–Kier alpha value is -2.73. The van der Waals surface area contributed by atoms with Crippen LogP contribution in [0.25, 0.3) is 10.4 Å². The summed E-state index contributed by atoms with van der Waals surface area (Å²) in [7, 11) is 0.